The lowest BCUT2D eigenvalue weighted by Gasteiger charge is -2.08. The quantitative estimate of drug-likeness (QED) is 0.806. The maximum absolute atomic E-state index is 5.29. The third kappa shape index (κ3) is 3.74. The molecule has 8 heteroatoms. The predicted octanol–water partition coefficient (Wildman–Crippen LogP) is 1.02. The van der Waals surface area contributed by atoms with E-state index in [1.54, 1.807) is 13.2 Å². The smallest absolute Gasteiger partial charge is 0.323 e. The molecular formula is C12H17N7O. The van der Waals surface area contributed by atoms with Gasteiger partial charge >= 0.3 is 6.01 Å². The van der Waals surface area contributed by atoms with Gasteiger partial charge in [0.05, 0.1) is 18.8 Å². The number of aryl methyl sites for hydroxylation is 1. The van der Waals surface area contributed by atoms with Gasteiger partial charge in [-0.25, -0.2) is 9.97 Å². The van der Waals surface area contributed by atoms with E-state index < -0.39 is 0 Å². The van der Waals surface area contributed by atoms with Crippen molar-refractivity contribution in [1.29, 1.82) is 0 Å². The van der Waals surface area contributed by atoms with Crippen LogP contribution in [0.15, 0.2) is 12.3 Å². The van der Waals surface area contributed by atoms with Crippen LogP contribution in [0.2, 0.25) is 0 Å². The van der Waals surface area contributed by atoms with Gasteiger partial charge in [0.15, 0.2) is 0 Å². The summed E-state index contributed by atoms with van der Waals surface area (Å²) in [5.41, 5.74) is 0.863. The fourth-order valence-electron chi connectivity index (χ4n) is 1.51. The van der Waals surface area contributed by atoms with Crippen LogP contribution in [-0.2, 0) is 6.54 Å². The molecule has 0 aliphatic heterocycles. The van der Waals surface area contributed by atoms with Gasteiger partial charge in [-0.3, -0.25) is 0 Å². The monoisotopic (exact) mass is 275 g/mol. The van der Waals surface area contributed by atoms with Crippen LogP contribution in [0.4, 0.5) is 11.9 Å². The first-order chi connectivity index (χ1) is 9.71. The molecule has 0 spiro atoms. The minimum atomic E-state index is 0.285. The van der Waals surface area contributed by atoms with Gasteiger partial charge in [-0.05, 0) is 19.9 Å². The van der Waals surface area contributed by atoms with E-state index >= 15 is 0 Å². The molecule has 0 fully saturated rings. The van der Waals surface area contributed by atoms with Gasteiger partial charge in [0.25, 0.3) is 0 Å². The van der Waals surface area contributed by atoms with Crippen molar-refractivity contribution in [2.45, 2.75) is 20.4 Å². The number of hydrogen-bond donors (Lipinski definition) is 2. The molecular weight excluding hydrogens is 258 g/mol. The number of hydrogen-bond acceptors (Lipinski definition) is 8. The Bertz CT molecular complexity index is 575. The van der Waals surface area contributed by atoms with Gasteiger partial charge in [-0.1, -0.05) is 0 Å². The Balaban J connectivity index is 2.10. The number of aromatic nitrogens is 5. The van der Waals surface area contributed by atoms with Gasteiger partial charge in [0.2, 0.25) is 11.9 Å². The van der Waals surface area contributed by atoms with Gasteiger partial charge in [-0.15, -0.1) is 0 Å². The first-order valence-electron chi connectivity index (χ1n) is 6.30. The Morgan fingerprint density at radius 1 is 1.15 bits per heavy atom. The molecule has 2 heterocycles. The maximum atomic E-state index is 5.29. The Kier molecular flexibility index (Phi) is 4.59. The first-order valence-corrected chi connectivity index (χ1v) is 6.30. The van der Waals surface area contributed by atoms with Crippen LogP contribution in [0.1, 0.15) is 18.4 Å². The molecule has 0 bridgehead atoms. The lowest BCUT2D eigenvalue weighted by Crippen LogP contribution is -2.10. The van der Waals surface area contributed by atoms with E-state index in [1.165, 1.54) is 0 Å². The summed E-state index contributed by atoms with van der Waals surface area (Å²) in [6.45, 7) is 4.72. The van der Waals surface area contributed by atoms with Crippen LogP contribution >= 0.6 is 0 Å². The van der Waals surface area contributed by atoms with Gasteiger partial charge in [0.1, 0.15) is 5.82 Å². The Hall–Kier alpha value is -2.51. The van der Waals surface area contributed by atoms with Crippen LogP contribution in [0.25, 0.3) is 0 Å². The molecule has 0 aliphatic carbocycles. The van der Waals surface area contributed by atoms with Gasteiger partial charge in [-0.2, -0.15) is 15.0 Å². The summed E-state index contributed by atoms with van der Waals surface area (Å²) in [5.74, 6) is 1.61. The second-order valence-electron chi connectivity index (χ2n) is 3.90. The molecule has 0 aromatic carbocycles. The summed E-state index contributed by atoms with van der Waals surface area (Å²) in [5, 5.41) is 5.95. The van der Waals surface area contributed by atoms with E-state index in [0.717, 1.165) is 11.5 Å². The number of rotatable bonds is 6. The largest absolute Gasteiger partial charge is 0.464 e. The zero-order chi connectivity index (χ0) is 14.4. The van der Waals surface area contributed by atoms with Crippen molar-refractivity contribution in [3.05, 3.63) is 23.8 Å². The zero-order valence-electron chi connectivity index (χ0n) is 11.7. The number of nitrogens with one attached hydrogen (secondary N) is 2. The van der Waals surface area contributed by atoms with Crippen molar-refractivity contribution in [3.8, 4) is 6.01 Å². The topological polar surface area (TPSA) is 97.7 Å². The summed E-state index contributed by atoms with van der Waals surface area (Å²) < 4.78 is 5.29. The van der Waals surface area contributed by atoms with Gasteiger partial charge < -0.3 is 15.4 Å². The molecule has 20 heavy (non-hydrogen) atoms. The average molecular weight is 275 g/mol. The molecule has 0 unspecified atom stereocenters. The lowest BCUT2D eigenvalue weighted by molar-refractivity contribution is 0.312. The molecule has 2 aromatic rings. The average Bonchev–Trinajstić information content (AvgIpc) is 2.45. The van der Waals surface area contributed by atoms with Crippen molar-refractivity contribution in [3.63, 3.8) is 0 Å². The molecule has 0 saturated heterocycles. The summed E-state index contributed by atoms with van der Waals surface area (Å²) >= 11 is 0. The number of ether oxygens (including phenoxy) is 1. The molecule has 2 rings (SSSR count). The lowest BCUT2D eigenvalue weighted by atomic mass is 10.4. The zero-order valence-corrected chi connectivity index (χ0v) is 11.7. The van der Waals surface area contributed by atoms with Crippen molar-refractivity contribution in [2.24, 2.45) is 0 Å². The number of nitrogens with zero attached hydrogens (tertiary/aromatic N) is 5. The normalized spacial score (nSPS) is 10.2. The highest BCUT2D eigenvalue weighted by Gasteiger charge is 2.06. The highest BCUT2D eigenvalue weighted by Crippen LogP contribution is 2.11. The van der Waals surface area contributed by atoms with Gasteiger partial charge in [0, 0.05) is 13.2 Å². The summed E-state index contributed by atoms with van der Waals surface area (Å²) in [6, 6.07) is 2.12. The Morgan fingerprint density at radius 2 is 1.95 bits per heavy atom. The van der Waals surface area contributed by atoms with E-state index in [9.17, 15) is 0 Å². The molecule has 2 N–H and O–H groups in total. The van der Waals surface area contributed by atoms with E-state index in [2.05, 4.69) is 35.6 Å². The van der Waals surface area contributed by atoms with Crippen molar-refractivity contribution in [2.75, 3.05) is 24.3 Å². The Labute approximate surface area is 117 Å². The molecule has 0 atom stereocenters. The second kappa shape index (κ2) is 6.60. The third-order valence-electron chi connectivity index (χ3n) is 2.37. The molecule has 2 aromatic heterocycles. The molecule has 0 aliphatic rings. The molecule has 8 nitrogen and oxygen atoms in total. The van der Waals surface area contributed by atoms with Crippen molar-refractivity contribution in [1.82, 2.24) is 24.9 Å². The second-order valence-corrected chi connectivity index (χ2v) is 3.90. The molecule has 0 radical (unpaired) electrons. The van der Waals surface area contributed by atoms with Crippen LogP contribution in [0, 0.1) is 6.92 Å². The van der Waals surface area contributed by atoms with E-state index in [-0.39, 0.29) is 6.01 Å². The van der Waals surface area contributed by atoms with Crippen LogP contribution in [0.3, 0.4) is 0 Å². The fourth-order valence-corrected chi connectivity index (χ4v) is 1.51. The fraction of sp³-hybridized carbons (Fsp3) is 0.417. The molecule has 106 valence electrons. The minimum Gasteiger partial charge on any atom is -0.464 e. The van der Waals surface area contributed by atoms with E-state index in [4.69, 9.17) is 4.74 Å². The van der Waals surface area contributed by atoms with Crippen molar-refractivity contribution >= 4 is 11.9 Å². The number of anilines is 2. The standard InChI is InChI=1S/C12H17N7O/c1-4-20-12-18-10(13-3)17-11(19-12)15-7-9-5-6-14-8(2)16-9/h5-6H,4,7H2,1-3H3,(H2,13,15,17,18,19). The highest BCUT2D eigenvalue weighted by molar-refractivity contribution is 5.35. The molecule has 0 amide bonds. The van der Waals surface area contributed by atoms with E-state index in [0.29, 0.717) is 25.0 Å². The van der Waals surface area contributed by atoms with Crippen LogP contribution < -0.4 is 15.4 Å². The van der Waals surface area contributed by atoms with Crippen LogP contribution in [0.5, 0.6) is 6.01 Å². The third-order valence-corrected chi connectivity index (χ3v) is 2.37. The highest BCUT2D eigenvalue weighted by atomic mass is 16.5. The summed E-state index contributed by atoms with van der Waals surface area (Å²) in [6.07, 6.45) is 1.72. The molecule has 0 saturated carbocycles. The minimum absolute atomic E-state index is 0.285. The van der Waals surface area contributed by atoms with Crippen LogP contribution in [-0.4, -0.2) is 38.6 Å². The predicted molar refractivity (Wildman–Crippen MR) is 74.6 cm³/mol. The Morgan fingerprint density at radius 3 is 2.65 bits per heavy atom. The summed E-state index contributed by atoms with van der Waals surface area (Å²) in [7, 11) is 1.74. The summed E-state index contributed by atoms with van der Waals surface area (Å²) in [4.78, 5) is 20.8. The SMILES string of the molecule is CCOc1nc(NC)nc(NCc2ccnc(C)n2)n1. The van der Waals surface area contributed by atoms with Crippen molar-refractivity contribution < 1.29 is 4.74 Å². The first kappa shape index (κ1) is 13.9. The maximum Gasteiger partial charge on any atom is 0.323 e. The van der Waals surface area contributed by atoms with E-state index in [1.807, 2.05) is 19.9 Å².